The van der Waals surface area contributed by atoms with Gasteiger partial charge >= 0.3 is 5.97 Å². The van der Waals surface area contributed by atoms with Gasteiger partial charge in [-0.15, -0.1) is 0 Å². The molecule has 0 radical (unpaired) electrons. The van der Waals surface area contributed by atoms with Gasteiger partial charge in [-0.3, -0.25) is 9.48 Å². The van der Waals surface area contributed by atoms with Gasteiger partial charge in [0.1, 0.15) is 5.69 Å². The van der Waals surface area contributed by atoms with Crippen LogP contribution in [0.2, 0.25) is 0 Å². The van der Waals surface area contributed by atoms with E-state index in [4.69, 9.17) is 0 Å². The Morgan fingerprint density at radius 2 is 2.27 bits per heavy atom. The van der Waals surface area contributed by atoms with Crippen molar-refractivity contribution in [2.75, 3.05) is 12.4 Å². The maximum atomic E-state index is 11.9. The summed E-state index contributed by atoms with van der Waals surface area (Å²) in [6.07, 6.45) is 5.08. The number of hydrogen-bond donors (Lipinski definition) is 2. The third-order valence-corrected chi connectivity index (χ3v) is 3.07. The maximum absolute atomic E-state index is 11.9. The Morgan fingerprint density at radius 3 is 2.95 bits per heavy atom. The van der Waals surface area contributed by atoms with Crippen molar-refractivity contribution < 1.29 is 9.53 Å². The van der Waals surface area contributed by atoms with E-state index < -0.39 is 5.97 Å². The fourth-order valence-corrected chi connectivity index (χ4v) is 2.10. The molecular weight excluding hydrogens is 284 g/mol. The molecule has 0 fully saturated rings. The lowest BCUT2D eigenvalue weighted by Gasteiger charge is -2.08. The van der Waals surface area contributed by atoms with Crippen molar-refractivity contribution in [3.63, 3.8) is 0 Å². The van der Waals surface area contributed by atoms with Crippen LogP contribution in [0.3, 0.4) is 0 Å². The standard InChI is InChI=1S/C15H20N4O3/c1-10(2)8-19-9-11(7-18-19)6-17-13-12(15(21)22-3)4-5-16-14(13)20/h4-5,7,9-10,17H,6,8H2,1-3H3,(H,16,20). The van der Waals surface area contributed by atoms with Gasteiger partial charge in [-0.25, -0.2) is 4.79 Å². The average molecular weight is 304 g/mol. The molecule has 0 spiro atoms. The van der Waals surface area contributed by atoms with Crippen molar-refractivity contribution in [1.29, 1.82) is 0 Å². The van der Waals surface area contributed by atoms with Crippen LogP contribution in [0, 0.1) is 5.92 Å². The van der Waals surface area contributed by atoms with E-state index in [-0.39, 0.29) is 16.8 Å². The van der Waals surface area contributed by atoms with E-state index in [1.807, 2.05) is 10.9 Å². The van der Waals surface area contributed by atoms with Gasteiger partial charge in [0, 0.05) is 31.0 Å². The van der Waals surface area contributed by atoms with Gasteiger partial charge in [-0.05, 0) is 12.0 Å². The lowest BCUT2D eigenvalue weighted by Crippen LogP contribution is -2.19. The number of nitrogens with zero attached hydrogens (tertiary/aromatic N) is 2. The van der Waals surface area contributed by atoms with Crippen molar-refractivity contribution in [2.24, 2.45) is 5.92 Å². The van der Waals surface area contributed by atoms with E-state index >= 15 is 0 Å². The summed E-state index contributed by atoms with van der Waals surface area (Å²) in [5, 5.41) is 7.25. The summed E-state index contributed by atoms with van der Waals surface area (Å²) in [6.45, 7) is 5.46. The number of esters is 1. The van der Waals surface area contributed by atoms with E-state index in [1.54, 1.807) is 6.20 Å². The van der Waals surface area contributed by atoms with Gasteiger partial charge in [0.05, 0.1) is 18.9 Å². The minimum atomic E-state index is -0.552. The number of anilines is 1. The van der Waals surface area contributed by atoms with Crippen LogP contribution >= 0.6 is 0 Å². The molecule has 22 heavy (non-hydrogen) atoms. The molecule has 2 rings (SSSR count). The number of ether oxygens (including phenoxy) is 1. The van der Waals surface area contributed by atoms with Crippen LogP contribution in [0.1, 0.15) is 29.8 Å². The highest BCUT2D eigenvalue weighted by Crippen LogP contribution is 2.12. The first kappa shape index (κ1) is 15.8. The van der Waals surface area contributed by atoms with E-state index in [1.165, 1.54) is 19.4 Å². The highest BCUT2D eigenvalue weighted by Gasteiger charge is 2.14. The Balaban J connectivity index is 2.13. The SMILES string of the molecule is COC(=O)c1cc[nH]c(=O)c1NCc1cnn(CC(C)C)c1. The Hall–Kier alpha value is -2.57. The van der Waals surface area contributed by atoms with Gasteiger partial charge in [0.2, 0.25) is 0 Å². The Labute approximate surface area is 128 Å². The minimum absolute atomic E-state index is 0.200. The topological polar surface area (TPSA) is 89.0 Å². The van der Waals surface area contributed by atoms with Gasteiger partial charge in [-0.1, -0.05) is 13.8 Å². The van der Waals surface area contributed by atoms with E-state index in [2.05, 4.69) is 34.0 Å². The fraction of sp³-hybridized carbons (Fsp3) is 0.400. The highest BCUT2D eigenvalue weighted by atomic mass is 16.5. The summed E-state index contributed by atoms with van der Waals surface area (Å²) in [4.78, 5) is 26.1. The quantitative estimate of drug-likeness (QED) is 0.792. The predicted molar refractivity (Wildman–Crippen MR) is 82.8 cm³/mol. The van der Waals surface area contributed by atoms with Crippen LogP contribution in [-0.4, -0.2) is 27.8 Å². The second-order valence-corrected chi connectivity index (χ2v) is 5.41. The third-order valence-electron chi connectivity index (χ3n) is 3.07. The number of carbonyl (C=O) groups excluding carboxylic acids is 1. The second-order valence-electron chi connectivity index (χ2n) is 5.41. The summed E-state index contributed by atoms with van der Waals surface area (Å²) in [7, 11) is 1.28. The molecule has 2 heterocycles. The first-order chi connectivity index (χ1) is 10.5. The zero-order valence-corrected chi connectivity index (χ0v) is 12.9. The number of aromatic amines is 1. The Kier molecular flexibility index (Phi) is 4.98. The summed E-state index contributed by atoms with van der Waals surface area (Å²) in [5.41, 5.74) is 0.976. The van der Waals surface area contributed by atoms with E-state index in [0.29, 0.717) is 12.5 Å². The molecule has 0 atom stereocenters. The molecule has 0 saturated carbocycles. The predicted octanol–water partition coefficient (Wildman–Crippen LogP) is 1.63. The zero-order chi connectivity index (χ0) is 16.1. The molecule has 0 aliphatic heterocycles. The Morgan fingerprint density at radius 1 is 1.50 bits per heavy atom. The van der Waals surface area contributed by atoms with Crippen LogP contribution < -0.4 is 10.9 Å². The van der Waals surface area contributed by atoms with Crippen LogP contribution in [0.5, 0.6) is 0 Å². The number of nitrogens with one attached hydrogen (secondary N) is 2. The first-order valence-electron chi connectivity index (χ1n) is 7.06. The molecule has 0 aliphatic rings. The molecular formula is C15H20N4O3. The Bertz CT molecular complexity index is 703. The maximum Gasteiger partial charge on any atom is 0.340 e. The molecule has 0 aliphatic carbocycles. The van der Waals surface area contributed by atoms with Gasteiger partial charge < -0.3 is 15.0 Å². The van der Waals surface area contributed by atoms with Gasteiger partial charge in [0.25, 0.3) is 5.56 Å². The first-order valence-corrected chi connectivity index (χ1v) is 7.06. The molecule has 0 unspecified atom stereocenters. The molecule has 0 amide bonds. The number of methoxy groups -OCH3 is 1. The van der Waals surface area contributed by atoms with Crippen molar-refractivity contribution in [1.82, 2.24) is 14.8 Å². The lowest BCUT2D eigenvalue weighted by molar-refractivity contribution is 0.0601. The summed E-state index contributed by atoms with van der Waals surface area (Å²) in [5.74, 6) is -0.0484. The minimum Gasteiger partial charge on any atom is -0.465 e. The van der Waals surface area contributed by atoms with Gasteiger partial charge in [0.15, 0.2) is 0 Å². The molecule has 7 heteroatoms. The van der Waals surface area contributed by atoms with Crippen LogP contribution in [0.4, 0.5) is 5.69 Å². The zero-order valence-electron chi connectivity index (χ0n) is 12.9. The summed E-state index contributed by atoms with van der Waals surface area (Å²) >= 11 is 0. The number of carbonyl (C=O) groups is 1. The molecule has 2 aromatic rings. The molecule has 2 aromatic heterocycles. The lowest BCUT2D eigenvalue weighted by atomic mass is 10.2. The van der Waals surface area contributed by atoms with Crippen molar-refractivity contribution in [2.45, 2.75) is 26.9 Å². The van der Waals surface area contributed by atoms with E-state index in [9.17, 15) is 9.59 Å². The molecule has 118 valence electrons. The smallest absolute Gasteiger partial charge is 0.340 e. The summed E-state index contributed by atoms with van der Waals surface area (Å²) in [6, 6.07) is 1.51. The number of hydrogen-bond acceptors (Lipinski definition) is 5. The average Bonchev–Trinajstić information content (AvgIpc) is 2.91. The van der Waals surface area contributed by atoms with Crippen molar-refractivity contribution >= 4 is 11.7 Å². The molecule has 7 nitrogen and oxygen atoms in total. The van der Waals surface area contributed by atoms with Gasteiger partial charge in [-0.2, -0.15) is 5.10 Å². The molecule has 0 saturated heterocycles. The third kappa shape index (κ3) is 3.75. The number of aromatic nitrogens is 3. The fourth-order valence-electron chi connectivity index (χ4n) is 2.10. The normalized spacial score (nSPS) is 10.7. The highest BCUT2D eigenvalue weighted by molar-refractivity contribution is 5.95. The number of H-pyrrole nitrogens is 1. The number of rotatable bonds is 6. The molecule has 2 N–H and O–H groups in total. The monoisotopic (exact) mass is 304 g/mol. The molecule has 0 bridgehead atoms. The van der Waals surface area contributed by atoms with E-state index in [0.717, 1.165) is 12.1 Å². The van der Waals surface area contributed by atoms with Crippen LogP contribution in [0.25, 0.3) is 0 Å². The molecule has 0 aromatic carbocycles. The number of pyridine rings is 1. The second kappa shape index (κ2) is 6.93. The largest absolute Gasteiger partial charge is 0.465 e. The summed E-state index contributed by atoms with van der Waals surface area (Å²) < 4.78 is 6.54. The van der Waals surface area contributed by atoms with Crippen molar-refractivity contribution in [3.8, 4) is 0 Å². The van der Waals surface area contributed by atoms with Crippen LogP contribution in [-0.2, 0) is 17.8 Å². The van der Waals surface area contributed by atoms with Crippen LogP contribution in [0.15, 0.2) is 29.5 Å². The van der Waals surface area contributed by atoms with Crippen molar-refractivity contribution in [3.05, 3.63) is 46.1 Å².